The van der Waals surface area contributed by atoms with Crippen LogP contribution >= 0.6 is 0 Å². The van der Waals surface area contributed by atoms with Crippen molar-refractivity contribution in [3.05, 3.63) is 34.9 Å². The number of hydrogen-bond acceptors (Lipinski definition) is 2. The first-order chi connectivity index (χ1) is 8.66. The molecule has 4 heteroatoms. The number of nitrogens with zero attached hydrogens (tertiary/aromatic N) is 1. The minimum atomic E-state index is -0.621. The number of carbonyl (C=O) groups is 1. The topological polar surface area (TPSA) is 67.5 Å². The summed E-state index contributed by atoms with van der Waals surface area (Å²) < 4.78 is 0. The Morgan fingerprint density at radius 1 is 1.39 bits per heavy atom. The molecular weight excluding hydrogens is 226 g/mol. The Labute approximate surface area is 107 Å². The Morgan fingerprint density at radius 2 is 2.17 bits per heavy atom. The molecule has 2 rings (SSSR count). The lowest BCUT2D eigenvalue weighted by Gasteiger charge is -2.19. The van der Waals surface area contributed by atoms with Gasteiger partial charge in [0.15, 0.2) is 0 Å². The number of urea groups is 1. The largest absolute Gasteiger partial charge is 0.350 e. The number of primary amides is 1. The van der Waals surface area contributed by atoms with Crippen LogP contribution in [0, 0.1) is 0 Å². The smallest absolute Gasteiger partial charge is 0.332 e. The van der Waals surface area contributed by atoms with Crippen LogP contribution in [-0.4, -0.2) is 11.7 Å². The molecule has 1 aliphatic carbocycles. The molecule has 0 spiro atoms. The van der Waals surface area contributed by atoms with Crippen LogP contribution in [-0.2, 0) is 19.3 Å². The highest BCUT2D eigenvalue weighted by Crippen LogP contribution is 2.24. The maximum atomic E-state index is 10.6. The van der Waals surface area contributed by atoms with E-state index in [0.717, 1.165) is 18.6 Å². The van der Waals surface area contributed by atoms with Gasteiger partial charge in [0, 0.05) is 12.1 Å². The standard InChI is InChI=1S/C14H19N3O/c1-10(16-17-14(15)18)9-12-7-4-6-11-5-2-3-8-13(11)12/h4,6-7H,2-3,5,8-9H2,1H3,(H3,15,17,18). The minimum absolute atomic E-state index is 0.621. The van der Waals surface area contributed by atoms with Gasteiger partial charge in [-0.1, -0.05) is 18.2 Å². The molecule has 0 unspecified atom stereocenters. The summed E-state index contributed by atoms with van der Waals surface area (Å²) in [5, 5.41) is 3.96. The van der Waals surface area contributed by atoms with Crippen LogP contribution in [0.15, 0.2) is 23.3 Å². The quantitative estimate of drug-likeness (QED) is 0.622. The SMILES string of the molecule is CC(Cc1cccc2c1CCCC2)=NNC(N)=O. The Morgan fingerprint density at radius 3 is 2.94 bits per heavy atom. The molecule has 0 saturated heterocycles. The van der Waals surface area contributed by atoms with Gasteiger partial charge < -0.3 is 5.73 Å². The molecule has 96 valence electrons. The highest BCUT2D eigenvalue weighted by Gasteiger charge is 2.13. The van der Waals surface area contributed by atoms with Crippen molar-refractivity contribution < 1.29 is 4.79 Å². The molecule has 0 saturated carbocycles. The van der Waals surface area contributed by atoms with Crippen molar-refractivity contribution in [3.8, 4) is 0 Å². The molecule has 0 radical (unpaired) electrons. The van der Waals surface area contributed by atoms with E-state index in [1.165, 1.54) is 36.0 Å². The number of carbonyl (C=O) groups excluding carboxylic acids is 1. The molecule has 3 N–H and O–H groups in total. The molecule has 1 aromatic carbocycles. The summed E-state index contributed by atoms with van der Waals surface area (Å²) in [4.78, 5) is 10.6. The van der Waals surface area contributed by atoms with Crippen molar-refractivity contribution >= 4 is 11.7 Å². The lowest BCUT2D eigenvalue weighted by atomic mass is 9.87. The van der Waals surface area contributed by atoms with Gasteiger partial charge in [0.25, 0.3) is 0 Å². The maximum absolute atomic E-state index is 10.6. The van der Waals surface area contributed by atoms with E-state index in [1.54, 1.807) is 0 Å². The number of nitrogens with two attached hydrogens (primary N) is 1. The third-order valence-corrected chi connectivity index (χ3v) is 3.30. The second-order valence-electron chi connectivity index (χ2n) is 4.76. The third kappa shape index (κ3) is 3.09. The monoisotopic (exact) mass is 245 g/mol. The first kappa shape index (κ1) is 12.6. The second kappa shape index (κ2) is 5.67. The number of amides is 2. The fourth-order valence-electron chi connectivity index (χ4n) is 2.49. The predicted octanol–water partition coefficient (Wildman–Crippen LogP) is 2.15. The zero-order valence-electron chi connectivity index (χ0n) is 10.7. The number of aryl methyl sites for hydroxylation is 1. The number of fused-ring (bicyclic) bond motifs is 1. The molecule has 0 heterocycles. The van der Waals surface area contributed by atoms with Crippen LogP contribution < -0.4 is 11.2 Å². The van der Waals surface area contributed by atoms with Gasteiger partial charge in [-0.25, -0.2) is 10.2 Å². The fourth-order valence-corrected chi connectivity index (χ4v) is 2.49. The van der Waals surface area contributed by atoms with Crippen molar-refractivity contribution in [1.29, 1.82) is 0 Å². The number of benzene rings is 1. The third-order valence-electron chi connectivity index (χ3n) is 3.30. The van der Waals surface area contributed by atoms with E-state index in [4.69, 9.17) is 5.73 Å². The lowest BCUT2D eigenvalue weighted by molar-refractivity contribution is 0.249. The van der Waals surface area contributed by atoms with Gasteiger partial charge in [0.05, 0.1) is 0 Å². The Bertz CT molecular complexity index is 480. The summed E-state index contributed by atoms with van der Waals surface area (Å²) in [7, 11) is 0. The second-order valence-corrected chi connectivity index (χ2v) is 4.76. The molecule has 4 nitrogen and oxygen atoms in total. The number of nitrogens with one attached hydrogen (secondary N) is 1. The van der Waals surface area contributed by atoms with E-state index in [0.29, 0.717) is 0 Å². The van der Waals surface area contributed by atoms with Gasteiger partial charge in [0.1, 0.15) is 0 Å². The Balaban J connectivity index is 2.14. The average molecular weight is 245 g/mol. The van der Waals surface area contributed by atoms with Crippen molar-refractivity contribution in [1.82, 2.24) is 5.43 Å². The van der Waals surface area contributed by atoms with E-state index < -0.39 is 6.03 Å². The van der Waals surface area contributed by atoms with Crippen molar-refractivity contribution in [2.75, 3.05) is 0 Å². The number of hydrazone groups is 1. The molecule has 0 fully saturated rings. The summed E-state index contributed by atoms with van der Waals surface area (Å²) in [6.45, 7) is 1.90. The first-order valence-electron chi connectivity index (χ1n) is 6.35. The molecular formula is C14H19N3O. The van der Waals surface area contributed by atoms with Crippen LogP contribution in [0.5, 0.6) is 0 Å². The van der Waals surface area contributed by atoms with Crippen LogP contribution in [0.2, 0.25) is 0 Å². The molecule has 0 aromatic heterocycles. The molecule has 0 bridgehead atoms. The molecule has 18 heavy (non-hydrogen) atoms. The van der Waals surface area contributed by atoms with Crippen molar-refractivity contribution in [2.24, 2.45) is 10.8 Å². The van der Waals surface area contributed by atoms with Gasteiger partial charge >= 0.3 is 6.03 Å². The van der Waals surface area contributed by atoms with Gasteiger partial charge in [-0.05, 0) is 49.3 Å². The molecule has 1 aliphatic rings. The van der Waals surface area contributed by atoms with Crippen LogP contribution in [0.1, 0.15) is 36.5 Å². The molecule has 0 atom stereocenters. The maximum Gasteiger partial charge on any atom is 0.332 e. The highest BCUT2D eigenvalue weighted by molar-refractivity contribution is 5.85. The van der Waals surface area contributed by atoms with E-state index in [-0.39, 0.29) is 0 Å². The summed E-state index contributed by atoms with van der Waals surface area (Å²) in [6, 6.07) is 5.85. The van der Waals surface area contributed by atoms with Crippen LogP contribution in [0.4, 0.5) is 4.79 Å². The normalized spacial score (nSPS) is 15.1. The number of hydrogen-bond donors (Lipinski definition) is 2. The summed E-state index contributed by atoms with van der Waals surface area (Å²) in [6.07, 6.45) is 5.65. The zero-order valence-corrected chi connectivity index (χ0v) is 10.7. The van der Waals surface area contributed by atoms with Crippen LogP contribution in [0.3, 0.4) is 0 Å². The lowest BCUT2D eigenvalue weighted by Crippen LogP contribution is -2.25. The summed E-state index contributed by atoms with van der Waals surface area (Å²) in [5.74, 6) is 0. The number of rotatable bonds is 3. The minimum Gasteiger partial charge on any atom is -0.350 e. The average Bonchev–Trinajstić information content (AvgIpc) is 2.37. The first-order valence-corrected chi connectivity index (χ1v) is 6.35. The van der Waals surface area contributed by atoms with E-state index in [1.807, 2.05) is 6.92 Å². The van der Waals surface area contributed by atoms with Gasteiger partial charge in [-0.15, -0.1) is 0 Å². The Hall–Kier alpha value is -1.84. The molecule has 1 aromatic rings. The summed E-state index contributed by atoms with van der Waals surface area (Å²) >= 11 is 0. The Kier molecular flexibility index (Phi) is 3.97. The van der Waals surface area contributed by atoms with E-state index in [9.17, 15) is 4.79 Å². The van der Waals surface area contributed by atoms with Crippen molar-refractivity contribution in [2.45, 2.75) is 39.0 Å². The molecule has 0 aliphatic heterocycles. The van der Waals surface area contributed by atoms with Crippen molar-refractivity contribution in [3.63, 3.8) is 0 Å². The van der Waals surface area contributed by atoms with Gasteiger partial charge in [-0.3, -0.25) is 0 Å². The fraction of sp³-hybridized carbons (Fsp3) is 0.429. The zero-order chi connectivity index (χ0) is 13.0. The summed E-state index contributed by atoms with van der Waals surface area (Å²) in [5.41, 5.74) is 12.4. The van der Waals surface area contributed by atoms with E-state index in [2.05, 4.69) is 28.7 Å². The van der Waals surface area contributed by atoms with Gasteiger partial charge in [0.2, 0.25) is 0 Å². The van der Waals surface area contributed by atoms with Crippen LogP contribution in [0.25, 0.3) is 0 Å². The molecule has 2 amide bonds. The highest BCUT2D eigenvalue weighted by atomic mass is 16.2. The van der Waals surface area contributed by atoms with Gasteiger partial charge in [-0.2, -0.15) is 5.10 Å². The predicted molar refractivity (Wildman–Crippen MR) is 72.6 cm³/mol. The van der Waals surface area contributed by atoms with E-state index >= 15 is 0 Å².